The van der Waals surface area contributed by atoms with Crippen molar-refractivity contribution in [1.82, 2.24) is 5.32 Å². The molecule has 1 aromatic rings. The highest BCUT2D eigenvalue weighted by atomic mass is 19.1. The Balaban J connectivity index is 2.76. The highest BCUT2D eigenvalue weighted by Crippen LogP contribution is 2.15. The molecule has 0 bridgehead atoms. The van der Waals surface area contributed by atoms with Gasteiger partial charge in [0.1, 0.15) is 17.2 Å². The maximum atomic E-state index is 13.6. The van der Waals surface area contributed by atoms with Gasteiger partial charge in [0.05, 0.1) is 12.7 Å². The second kappa shape index (κ2) is 6.42. The number of halogens is 2. The molecule has 0 aliphatic carbocycles. The van der Waals surface area contributed by atoms with Crippen LogP contribution in [0.15, 0.2) is 12.1 Å². The predicted octanol–water partition coefficient (Wildman–Crippen LogP) is 1.01. The molecule has 6 heteroatoms. The summed E-state index contributed by atoms with van der Waals surface area (Å²) < 4.78 is 31.6. The molecule has 1 aromatic carbocycles. The van der Waals surface area contributed by atoms with Gasteiger partial charge >= 0.3 is 0 Å². The molecular formula is C12H15F2NO3. The van der Waals surface area contributed by atoms with Crippen molar-refractivity contribution in [2.75, 3.05) is 20.3 Å². The fourth-order valence-electron chi connectivity index (χ4n) is 1.42. The number of hydrogen-bond donors (Lipinski definition) is 2. The Labute approximate surface area is 104 Å². The second-order valence-corrected chi connectivity index (χ2v) is 3.87. The van der Waals surface area contributed by atoms with E-state index in [9.17, 15) is 18.7 Å². The Bertz CT molecular complexity index is 438. The van der Waals surface area contributed by atoms with E-state index in [1.807, 2.05) is 0 Å². The molecule has 0 aliphatic rings. The molecule has 0 fully saturated rings. The molecule has 1 amide bonds. The van der Waals surface area contributed by atoms with Crippen molar-refractivity contribution in [2.24, 2.45) is 0 Å². The van der Waals surface area contributed by atoms with Crippen LogP contribution in [-0.4, -0.2) is 37.4 Å². The number of methoxy groups -OCH3 is 1. The van der Waals surface area contributed by atoms with Crippen molar-refractivity contribution >= 4 is 5.91 Å². The smallest absolute Gasteiger partial charge is 0.257 e. The van der Waals surface area contributed by atoms with E-state index in [2.05, 4.69) is 10.1 Å². The van der Waals surface area contributed by atoms with Gasteiger partial charge in [-0.2, -0.15) is 0 Å². The summed E-state index contributed by atoms with van der Waals surface area (Å²) in [6.45, 7) is 1.32. The number of amides is 1. The van der Waals surface area contributed by atoms with Crippen LogP contribution < -0.4 is 5.32 Å². The van der Waals surface area contributed by atoms with Crippen LogP contribution in [0.2, 0.25) is 0 Å². The van der Waals surface area contributed by atoms with Crippen LogP contribution in [0.3, 0.4) is 0 Å². The van der Waals surface area contributed by atoms with Gasteiger partial charge in [-0.3, -0.25) is 4.79 Å². The number of aliphatic hydroxyl groups excluding tert-OH is 1. The number of carbonyl (C=O) groups excluding carboxylic acids is 1. The number of aryl methyl sites for hydroxylation is 1. The van der Waals surface area contributed by atoms with Crippen molar-refractivity contribution in [3.05, 3.63) is 34.9 Å². The summed E-state index contributed by atoms with van der Waals surface area (Å²) in [5.74, 6) is -2.73. The topological polar surface area (TPSA) is 58.6 Å². The number of nitrogens with one attached hydrogen (secondary N) is 1. The average molecular weight is 259 g/mol. The van der Waals surface area contributed by atoms with Gasteiger partial charge in [-0.1, -0.05) is 6.07 Å². The fourth-order valence-corrected chi connectivity index (χ4v) is 1.42. The monoisotopic (exact) mass is 259 g/mol. The molecule has 1 atom stereocenters. The van der Waals surface area contributed by atoms with Gasteiger partial charge in [0.25, 0.3) is 5.91 Å². The van der Waals surface area contributed by atoms with E-state index < -0.39 is 29.2 Å². The van der Waals surface area contributed by atoms with E-state index in [-0.39, 0.29) is 18.7 Å². The van der Waals surface area contributed by atoms with Crippen LogP contribution in [0.5, 0.6) is 0 Å². The largest absolute Gasteiger partial charge is 0.389 e. The number of aliphatic hydroxyl groups is 1. The van der Waals surface area contributed by atoms with Crippen LogP contribution in [0, 0.1) is 18.6 Å². The molecule has 0 heterocycles. The van der Waals surface area contributed by atoms with Gasteiger partial charge in [0.2, 0.25) is 0 Å². The lowest BCUT2D eigenvalue weighted by Gasteiger charge is -2.12. The molecule has 1 unspecified atom stereocenters. The number of hydrogen-bond acceptors (Lipinski definition) is 3. The van der Waals surface area contributed by atoms with Crippen LogP contribution in [0.1, 0.15) is 15.9 Å². The van der Waals surface area contributed by atoms with Gasteiger partial charge in [-0.05, 0) is 18.6 Å². The molecule has 18 heavy (non-hydrogen) atoms. The molecule has 4 nitrogen and oxygen atoms in total. The first-order valence-electron chi connectivity index (χ1n) is 5.37. The lowest BCUT2D eigenvalue weighted by atomic mass is 10.1. The second-order valence-electron chi connectivity index (χ2n) is 3.87. The molecule has 0 spiro atoms. The fraction of sp³-hybridized carbons (Fsp3) is 0.417. The first-order valence-corrected chi connectivity index (χ1v) is 5.37. The van der Waals surface area contributed by atoms with E-state index >= 15 is 0 Å². The lowest BCUT2D eigenvalue weighted by Crippen LogP contribution is -2.35. The van der Waals surface area contributed by atoms with Crippen molar-refractivity contribution < 1.29 is 23.4 Å². The van der Waals surface area contributed by atoms with Crippen LogP contribution in [0.4, 0.5) is 8.78 Å². The summed E-state index contributed by atoms with van der Waals surface area (Å²) in [5.41, 5.74) is -0.460. The highest BCUT2D eigenvalue weighted by molar-refractivity contribution is 5.95. The Morgan fingerprint density at radius 1 is 1.50 bits per heavy atom. The Kier molecular flexibility index (Phi) is 5.18. The summed E-state index contributed by atoms with van der Waals surface area (Å²) in [6, 6.07) is 2.28. The molecule has 0 aliphatic heterocycles. The molecule has 1 rings (SSSR count). The van der Waals surface area contributed by atoms with E-state index in [1.54, 1.807) is 0 Å². The summed E-state index contributed by atoms with van der Waals surface area (Å²) in [7, 11) is 1.39. The maximum absolute atomic E-state index is 13.6. The number of rotatable bonds is 5. The van der Waals surface area contributed by atoms with Crippen LogP contribution in [0.25, 0.3) is 0 Å². The molecule has 0 saturated carbocycles. The van der Waals surface area contributed by atoms with E-state index in [0.29, 0.717) is 0 Å². The molecule has 2 N–H and O–H groups in total. The van der Waals surface area contributed by atoms with Gasteiger partial charge < -0.3 is 15.2 Å². The summed E-state index contributed by atoms with van der Waals surface area (Å²) in [5, 5.41) is 11.6. The molecule has 100 valence electrons. The highest BCUT2D eigenvalue weighted by Gasteiger charge is 2.19. The maximum Gasteiger partial charge on any atom is 0.257 e. The minimum Gasteiger partial charge on any atom is -0.389 e. The van der Waals surface area contributed by atoms with E-state index in [4.69, 9.17) is 0 Å². The Hall–Kier alpha value is -1.53. The summed E-state index contributed by atoms with van der Waals surface area (Å²) >= 11 is 0. The molecule has 0 saturated heterocycles. The van der Waals surface area contributed by atoms with Crippen molar-refractivity contribution in [3.8, 4) is 0 Å². The predicted molar refractivity (Wildman–Crippen MR) is 61.3 cm³/mol. The summed E-state index contributed by atoms with van der Waals surface area (Å²) in [6.07, 6.45) is -0.921. The first-order chi connectivity index (χ1) is 8.47. The van der Waals surface area contributed by atoms with Crippen molar-refractivity contribution in [3.63, 3.8) is 0 Å². The van der Waals surface area contributed by atoms with Gasteiger partial charge in [-0.15, -0.1) is 0 Å². The molecule has 0 radical (unpaired) electrons. The van der Waals surface area contributed by atoms with E-state index in [1.165, 1.54) is 20.1 Å². The van der Waals surface area contributed by atoms with Crippen LogP contribution in [-0.2, 0) is 4.74 Å². The van der Waals surface area contributed by atoms with Crippen molar-refractivity contribution in [1.29, 1.82) is 0 Å². The Morgan fingerprint density at radius 2 is 2.17 bits per heavy atom. The van der Waals surface area contributed by atoms with Gasteiger partial charge in [0.15, 0.2) is 0 Å². The third kappa shape index (κ3) is 3.48. The zero-order valence-electron chi connectivity index (χ0n) is 10.2. The normalized spacial score (nSPS) is 12.3. The van der Waals surface area contributed by atoms with Crippen LogP contribution >= 0.6 is 0 Å². The number of benzene rings is 1. The van der Waals surface area contributed by atoms with Gasteiger partial charge in [0, 0.05) is 13.7 Å². The summed E-state index contributed by atoms with van der Waals surface area (Å²) in [4.78, 5) is 11.6. The number of ether oxygens (including phenoxy) is 1. The van der Waals surface area contributed by atoms with Crippen molar-refractivity contribution in [2.45, 2.75) is 13.0 Å². The third-order valence-corrected chi connectivity index (χ3v) is 2.37. The first kappa shape index (κ1) is 14.5. The zero-order chi connectivity index (χ0) is 13.7. The minimum atomic E-state index is -0.933. The quantitative estimate of drug-likeness (QED) is 0.829. The van der Waals surface area contributed by atoms with Gasteiger partial charge in [-0.25, -0.2) is 8.78 Å². The minimum absolute atomic E-state index is 0.0268. The molecule has 0 aromatic heterocycles. The zero-order valence-corrected chi connectivity index (χ0v) is 10.2. The standard InChI is InChI=1S/C12H15F2NO3/c1-7-3-4-9(13)10(11(7)14)12(17)15-5-8(16)6-18-2/h3-4,8,16H,5-6H2,1-2H3,(H,15,17). The number of carbonyl (C=O) groups is 1. The third-order valence-electron chi connectivity index (χ3n) is 2.37. The SMILES string of the molecule is COCC(O)CNC(=O)c1c(F)ccc(C)c1F. The Morgan fingerprint density at radius 3 is 2.78 bits per heavy atom. The van der Waals surface area contributed by atoms with E-state index in [0.717, 1.165) is 6.07 Å². The molecular weight excluding hydrogens is 244 g/mol. The lowest BCUT2D eigenvalue weighted by molar-refractivity contribution is 0.0607. The average Bonchev–Trinajstić information content (AvgIpc) is 2.32.